The quantitative estimate of drug-likeness (QED) is 0.173. The van der Waals surface area contributed by atoms with Crippen molar-refractivity contribution in [3.63, 3.8) is 0 Å². The van der Waals surface area contributed by atoms with Crippen LogP contribution in [0.3, 0.4) is 0 Å². The first-order valence-corrected chi connectivity index (χ1v) is 15.7. The van der Waals surface area contributed by atoms with Gasteiger partial charge in [0.2, 0.25) is 0 Å². The van der Waals surface area contributed by atoms with E-state index in [0.29, 0.717) is 11.5 Å². The Bertz CT molecular complexity index is 2520. The molecule has 4 aromatic heterocycles. The second kappa shape index (κ2) is 11.6. The molecule has 48 heavy (non-hydrogen) atoms. The Morgan fingerprint density at radius 1 is 0.375 bits per heavy atom. The number of aromatic nitrogens is 4. The summed E-state index contributed by atoms with van der Waals surface area (Å²) in [6.45, 7) is 0. The van der Waals surface area contributed by atoms with Gasteiger partial charge in [-0.2, -0.15) is 0 Å². The molecule has 0 spiro atoms. The van der Waals surface area contributed by atoms with Crippen LogP contribution < -0.4 is 0 Å². The molecule has 0 atom stereocenters. The monoisotopic (exact) mass is 618 g/mol. The van der Waals surface area contributed by atoms with E-state index in [1.54, 1.807) is 12.4 Å². The van der Waals surface area contributed by atoms with Crippen LogP contribution in [0.5, 0.6) is 0 Å². The van der Waals surface area contributed by atoms with Crippen LogP contribution in [-0.2, 0) is 0 Å². The van der Waals surface area contributed by atoms with Crippen molar-refractivity contribution >= 4 is 21.5 Å². The number of hydrogen-bond donors (Lipinski definition) is 0. The summed E-state index contributed by atoms with van der Waals surface area (Å²) in [7, 11) is 0. The van der Waals surface area contributed by atoms with E-state index in [1.807, 2.05) is 24.5 Å². The molecule has 9 aromatic rings. The lowest BCUT2D eigenvalue weighted by Crippen LogP contribution is -1.94. The highest BCUT2D eigenvalue weighted by molar-refractivity contribution is 6.22. The predicted molar refractivity (Wildman–Crippen MR) is 190 cm³/mol. The third-order valence-corrected chi connectivity index (χ3v) is 8.82. The first-order chi connectivity index (χ1) is 23.8. The maximum Gasteiger partial charge on any atom is 0.181 e. The molecule has 0 bridgehead atoms. The summed E-state index contributed by atoms with van der Waals surface area (Å²) >= 11 is 0. The number of oxazole rings is 2. The van der Waals surface area contributed by atoms with Crippen molar-refractivity contribution < 1.29 is 8.83 Å². The van der Waals surface area contributed by atoms with Crippen LogP contribution in [0.15, 0.2) is 168 Å². The van der Waals surface area contributed by atoms with E-state index < -0.39 is 0 Å². The predicted octanol–water partition coefficient (Wildman–Crippen LogP) is 10.8. The molecule has 0 fully saturated rings. The summed E-state index contributed by atoms with van der Waals surface area (Å²) in [5.41, 5.74) is 10.4. The van der Waals surface area contributed by atoms with Gasteiger partial charge in [-0.25, -0.2) is 9.97 Å². The molecule has 0 N–H and O–H groups in total. The molecule has 0 saturated carbocycles. The second-order valence-electron chi connectivity index (χ2n) is 11.6. The molecule has 0 radical (unpaired) electrons. The van der Waals surface area contributed by atoms with Crippen molar-refractivity contribution in [1.82, 2.24) is 19.9 Å². The third kappa shape index (κ3) is 4.75. The average Bonchev–Trinajstić information content (AvgIpc) is 3.91. The summed E-state index contributed by atoms with van der Waals surface area (Å²) in [4.78, 5) is 17.7. The van der Waals surface area contributed by atoms with Crippen molar-refractivity contribution in [1.29, 1.82) is 0 Å². The minimum absolute atomic E-state index is 0.632. The van der Waals surface area contributed by atoms with Crippen LogP contribution in [0.1, 0.15) is 0 Å². The van der Waals surface area contributed by atoms with Crippen molar-refractivity contribution in [3.8, 4) is 67.4 Å². The van der Waals surface area contributed by atoms with Crippen LogP contribution in [0.25, 0.3) is 89.0 Å². The number of benzene rings is 5. The largest absolute Gasteiger partial charge is 0.442 e. The summed E-state index contributed by atoms with van der Waals surface area (Å²) < 4.78 is 11.0. The maximum atomic E-state index is 5.53. The molecule has 0 amide bonds. The lowest BCUT2D eigenvalue weighted by molar-refractivity contribution is 0.569. The maximum absolute atomic E-state index is 5.53. The van der Waals surface area contributed by atoms with Crippen LogP contribution in [0.4, 0.5) is 0 Å². The zero-order valence-electron chi connectivity index (χ0n) is 25.6. The molecule has 226 valence electrons. The summed E-state index contributed by atoms with van der Waals surface area (Å²) in [5, 5.41) is 4.50. The highest BCUT2D eigenvalue weighted by Gasteiger charge is 2.19. The molecule has 0 aliphatic rings. The van der Waals surface area contributed by atoms with Crippen LogP contribution in [0, 0.1) is 0 Å². The molecule has 0 unspecified atom stereocenters. The molecule has 6 nitrogen and oxygen atoms in total. The third-order valence-electron chi connectivity index (χ3n) is 8.82. The fourth-order valence-corrected chi connectivity index (χ4v) is 6.63. The Morgan fingerprint density at radius 3 is 1.42 bits per heavy atom. The standard InChI is InChI=1S/C42H26N4O2/c1-2-8-27(9-3-1)31-10-4-5-11-32(31)28-14-17-35-36(20-28)42(30-16-19-38(46-22-30)40-24-44-26-48-40)34-13-7-6-12-33(34)41(35)29-15-18-37(45-21-29)39-23-43-25-47-39/h1-26H. The fraction of sp³-hybridized carbons (Fsp3) is 0. The Balaban J connectivity index is 1.31. The van der Waals surface area contributed by atoms with Gasteiger partial charge < -0.3 is 8.83 Å². The van der Waals surface area contributed by atoms with Crippen molar-refractivity contribution in [2.24, 2.45) is 0 Å². The molecular weight excluding hydrogens is 592 g/mol. The number of rotatable bonds is 6. The highest BCUT2D eigenvalue weighted by atomic mass is 16.3. The van der Waals surface area contributed by atoms with E-state index in [-0.39, 0.29) is 0 Å². The van der Waals surface area contributed by atoms with Gasteiger partial charge in [0.15, 0.2) is 24.3 Å². The topological polar surface area (TPSA) is 77.8 Å². The SMILES string of the molecule is c1ccc(-c2ccccc2-c2ccc3c(-c4ccc(-c5cnco5)nc4)c4ccccc4c(-c4ccc(-c5cnco5)nc4)c3c2)cc1. The summed E-state index contributed by atoms with van der Waals surface area (Å²) in [5.74, 6) is 1.27. The molecule has 6 heteroatoms. The summed E-state index contributed by atoms with van der Waals surface area (Å²) in [6.07, 6.45) is 10.1. The molecule has 5 aromatic carbocycles. The van der Waals surface area contributed by atoms with E-state index in [9.17, 15) is 0 Å². The van der Waals surface area contributed by atoms with Gasteiger partial charge in [0.25, 0.3) is 0 Å². The van der Waals surface area contributed by atoms with E-state index in [4.69, 9.17) is 18.8 Å². The van der Waals surface area contributed by atoms with Crippen molar-refractivity contribution in [2.75, 3.05) is 0 Å². The second-order valence-corrected chi connectivity index (χ2v) is 11.6. The zero-order valence-corrected chi connectivity index (χ0v) is 25.6. The Hall–Kier alpha value is -6.66. The van der Waals surface area contributed by atoms with Crippen molar-refractivity contribution in [2.45, 2.75) is 0 Å². The van der Waals surface area contributed by atoms with E-state index >= 15 is 0 Å². The molecule has 0 aliphatic carbocycles. The van der Waals surface area contributed by atoms with Gasteiger partial charge in [0.1, 0.15) is 11.4 Å². The number of nitrogens with zero attached hydrogens (tertiary/aromatic N) is 4. The van der Waals surface area contributed by atoms with Crippen LogP contribution in [0.2, 0.25) is 0 Å². The van der Waals surface area contributed by atoms with Gasteiger partial charge in [-0.15, -0.1) is 0 Å². The van der Waals surface area contributed by atoms with Gasteiger partial charge >= 0.3 is 0 Å². The Labute approximate surface area is 276 Å². The first kappa shape index (κ1) is 27.6. The lowest BCUT2D eigenvalue weighted by atomic mass is 9.84. The smallest absolute Gasteiger partial charge is 0.181 e. The van der Waals surface area contributed by atoms with Crippen LogP contribution >= 0.6 is 0 Å². The summed E-state index contributed by atoms with van der Waals surface area (Å²) in [6, 6.07) is 42.7. The minimum atomic E-state index is 0.632. The zero-order chi connectivity index (χ0) is 31.9. The Kier molecular flexibility index (Phi) is 6.68. The lowest BCUT2D eigenvalue weighted by Gasteiger charge is -2.19. The number of fused-ring (bicyclic) bond motifs is 2. The van der Waals surface area contributed by atoms with Gasteiger partial charge in [-0.05, 0) is 73.1 Å². The number of hydrogen-bond acceptors (Lipinski definition) is 6. The Morgan fingerprint density at radius 2 is 0.875 bits per heavy atom. The molecule has 0 saturated heterocycles. The van der Waals surface area contributed by atoms with E-state index in [0.717, 1.165) is 60.8 Å². The fourth-order valence-electron chi connectivity index (χ4n) is 6.63. The number of pyridine rings is 2. The van der Waals surface area contributed by atoms with Crippen LogP contribution in [-0.4, -0.2) is 19.9 Å². The molecule has 4 heterocycles. The van der Waals surface area contributed by atoms with Gasteiger partial charge in [0, 0.05) is 23.5 Å². The van der Waals surface area contributed by atoms with Gasteiger partial charge in [0.05, 0.1) is 12.4 Å². The van der Waals surface area contributed by atoms with Gasteiger partial charge in [-0.1, -0.05) is 103 Å². The molecule has 0 aliphatic heterocycles. The molecular formula is C42H26N4O2. The van der Waals surface area contributed by atoms with Crippen molar-refractivity contribution in [3.05, 3.63) is 159 Å². The van der Waals surface area contributed by atoms with E-state index in [1.165, 1.54) is 29.5 Å². The highest BCUT2D eigenvalue weighted by Crippen LogP contribution is 2.45. The first-order valence-electron chi connectivity index (χ1n) is 15.7. The minimum Gasteiger partial charge on any atom is -0.442 e. The normalized spacial score (nSPS) is 11.3. The molecule has 9 rings (SSSR count). The van der Waals surface area contributed by atoms with E-state index in [2.05, 4.69) is 119 Å². The average molecular weight is 619 g/mol. The van der Waals surface area contributed by atoms with Gasteiger partial charge in [-0.3, -0.25) is 9.97 Å².